The summed E-state index contributed by atoms with van der Waals surface area (Å²) in [4.78, 5) is 33.9. The zero-order valence-corrected chi connectivity index (χ0v) is 14.5. The normalized spacial score (nSPS) is 10.5. The average Bonchev–Trinajstić information content (AvgIpc) is 2.61. The second-order valence-corrected chi connectivity index (χ2v) is 5.71. The van der Waals surface area contributed by atoms with Crippen molar-refractivity contribution in [1.29, 1.82) is 0 Å². The quantitative estimate of drug-likeness (QED) is 0.473. The molecule has 0 fully saturated rings. The maximum atomic E-state index is 12.0. The van der Waals surface area contributed by atoms with Crippen LogP contribution in [-0.2, 0) is 9.59 Å². The molecule has 0 saturated carbocycles. The lowest BCUT2D eigenvalue weighted by Gasteiger charge is -2.11. The standard InChI is InChI=1S/C19H19N3O4/c1-13-4-3-5-14(2)19(13)21-18(24)12-20-17(23)11-8-15-6-9-16(10-7-15)22(25)26/h3-11H,12H2,1-2H3,(H,20,23)(H,21,24). The van der Waals surface area contributed by atoms with E-state index in [1.54, 1.807) is 0 Å². The third-order valence-corrected chi connectivity index (χ3v) is 3.70. The molecule has 0 bridgehead atoms. The van der Waals surface area contributed by atoms with Gasteiger partial charge in [0.1, 0.15) is 0 Å². The first-order chi connectivity index (χ1) is 12.4. The molecular formula is C19H19N3O4. The number of non-ortho nitro benzene ring substituents is 1. The molecule has 2 amide bonds. The largest absolute Gasteiger partial charge is 0.343 e. The van der Waals surface area contributed by atoms with Crippen LogP contribution in [-0.4, -0.2) is 23.3 Å². The number of nitro benzene ring substituents is 1. The molecule has 2 rings (SSSR count). The van der Waals surface area contributed by atoms with E-state index < -0.39 is 10.8 Å². The first-order valence-corrected chi connectivity index (χ1v) is 7.93. The first-order valence-electron chi connectivity index (χ1n) is 7.93. The number of hydrogen-bond donors (Lipinski definition) is 2. The number of rotatable bonds is 6. The molecule has 134 valence electrons. The monoisotopic (exact) mass is 353 g/mol. The summed E-state index contributed by atoms with van der Waals surface area (Å²) in [5.41, 5.74) is 3.26. The Labute approximate surface area is 150 Å². The number of carbonyl (C=O) groups excluding carboxylic acids is 2. The smallest absolute Gasteiger partial charge is 0.269 e. The van der Waals surface area contributed by atoms with Crippen LogP contribution in [0.15, 0.2) is 48.5 Å². The molecule has 0 atom stereocenters. The average molecular weight is 353 g/mol. The van der Waals surface area contributed by atoms with Gasteiger partial charge < -0.3 is 10.6 Å². The lowest BCUT2D eigenvalue weighted by molar-refractivity contribution is -0.384. The predicted molar refractivity (Wildman–Crippen MR) is 99.7 cm³/mol. The molecule has 0 spiro atoms. The van der Waals surface area contributed by atoms with E-state index in [9.17, 15) is 19.7 Å². The fourth-order valence-corrected chi connectivity index (χ4v) is 2.30. The molecule has 0 aliphatic heterocycles. The van der Waals surface area contributed by atoms with Crippen molar-refractivity contribution in [2.24, 2.45) is 0 Å². The molecule has 2 aromatic rings. The Morgan fingerprint density at radius 1 is 1.08 bits per heavy atom. The van der Waals surface area contributed by atoms with Crippen LogP contribution in [0.2, 0.25) is 0 Å². The van der Waals surface area contributed by atoms with Crippen LogP contribution in [0, 0.1) is 24.0 Å². The summed E-state index contributed by atoms with van der Waals surface area (Å²) in [6.07, 6.45) is 2.79. The number of nitrogens with one attached hydrogen (secondary N) is 2. The molecular weight excluding hydrogens is 334 g/mol. The van der Waals surface area contributed by atoms with Crippen LogP contribution < -0.4 is 10.6 Å². The van der Waals surface area contributed by atoms with Gasteiger partial charge in [0, 0.05) is 23.9 Å². The van der Waals surface area contributed by atoms with Crippen LogP contribution in [0.4, 0.5) is 11.4 Å². The van der Waals surface area contributed by atoms with Gasteiger partial charge in [-0.05, 0) is 48.7 Å². The van der Waals surface area contributed by atoms with E-state index in [2.05, 4.69) is 10.6 Å². The zero-order chi connectivity index (χ0) is 19.1. The van der Waals surface area contributed by atoms with Gasteiger partial charge in [0.2, 0.25) is 11.8 Å². The molecule has 2 N–H and O–H groups in total. The summed E-state index contributed by atoms with van der Waals surface area (Å²) >= 11 is 0. The lowest BCUT2D eigenvalue weighted by atomic mass is 10.1. The van der Waals surface area contributed by atoms with Crippen molar-refractivity contribution in [2.75, 3.05) is 11.9 Å². The van der Waals surface area contributed by atoms with Gasteiger partial charge in [-0.3, -0.25) is 19.7 Å². The Bertz CT molecular complexity index is 837. The Balaban J connectivity index is 1.86. The highest BCUT2D eigenvalue weighted by atomic mass is 16.6. The summed E-state index contributed by atoms with van der Waals surface area (Å²) < 4.78 is 0. The van der Waals surface area contributed by atoms with Crippen molar-refractivity contribution in [3.05, 3.63) is 75.3 Å². The van der Waals surface area contributed by atoms with Gasteiger partial charge in [0.05, 0.1) is 11.5 Å². The molecule has 0 aliphatic rings. The number of nitrogens with zero attached hydrogens (tertiary/aromatic N) is 1. The van der Waals surface area contributed by atoms with Crippen molar-refractivity contribution in [3.63, 3.8) is 0 Å². The molecule has 2 aromatic carbocycles. The van der Waals surface area contributed by atoms with E-state index in [0.717, 1.165) is 16.8 Å². The SMILES string of the molecule is Cc1cccc(C)c1NC(=O)CNC(=O)C=Cc1ccc([N+](=O)[O-])cc1. The van der Waals surface area contributed by atoms with E-state index in [1.165, 1.54) is 36.4 Å². The highest BCUT2D eigenvalue weighted by molar-refractivity contribution is 5.98. The van der Waals surface area contributed by atoms with Gasteiger partial charge >= 0.3 is 0 Å². The third-order valence-electron chi connectivity index (χ3n) is 3.70. The zero-order valence-electron chi connectivity index (χ0n) is 14.5. The van der Waals surface area contributed by atoms with Crippen molar-refractivity contribution in [1.82, 2.24) is 5.32 Å². The number of aryl methyl sites for hydroxylation is 2. The van der Waals surface area contributed by atoms with Gasteiger partial charge in [0.25, 0.3) is 5.69 Å². The molecule has 0 heterocycles. The van der Waals surface area contributed by atoms with Crippen LogP contribution >= 0.6 is 0 Å². The van der Waals surface area contributed by atoms with E-state index in [-0.39, 0.29) is 18.1 Å². The Morgan fingerprint density at radius 2 is 1.69 bits per heavy atom. The van der Waals surface area contributed by atoms with E-state index in [4.69, 9.17) is 0 Å². The summed E-state index contributed by atoms with van der Waals surface area (Å²) in [6, 6.07) is 11.5. The van der Waals surface area contributed by atoms with Crippen molar-refractivity contribution < 1.29 is 14.5 Å². The number of nitro groups is 1. The molecule has 0 aromatic heterocycles. The first kappa shape index (κ1) is 18.9. The van der Waals surface area contributed by atoms with Crippen molar-refractivity contribution in [2.45, 2.75) is 13.8 Å². The number of hydrogen-bond acceptors (Lipinski definition) is 4. The van der Waals surface area contributed by atoms with E-state index >= 15 is 0 Å². The summed E-state index contributed by atoms with van der Waals surface area (Å²) in [5.74, 6) is -0.750. The Kier molecular flexibility index (Phi) is 6.21. The second-order valence-electron chi connectivity index (χ2n) is 5.71. The molecule has 0 unspecified atom stereocenters. The van der Waals surface area contributed by atoms with Gasteiger partial charge in [-0.1, -0.05) is 18.2 Å². The lowest BCUT2D eigenvalue weighted by Crippen LogP contribution is -2.32. The summed E-state index contributed by atoms with van der Waals surface area (Å²) in [7, 11) is 0. The minimum Gasteiger partial charge on any atom is -0.343 e. The van der Waals surface area contributed by atoms with Gasteiger partial charge in [0.15, 0.2) is 0 Å². The number of carbonyl (C=O) groups is 2. The van der Waals surface area contributed by atoms with Gasteiger partial charge in [-0.2, -0.15) is 0 Å². The molecule has 26 heavy (non-hydrogen) atoms. The number of anilines is 1. The van der Waals surface area contributed by atoms with E-state index in [1.807, 2.05) is 32.0 Å². The Morgan fingerprint density at radius 3 is 2.27 bits per heavy atom. The van der Waals surface area contributed by atoms with Crippen LogP contribution in [0.5, 0.6) is 0 Å². The highest BCUT2D eigenvalue weighted by Gasteiger charge is 2.08. The molecule has 0 aliphatic carbocycles. The summed E-state index contributed by atoms with van der Waals surface area (Å²) in [5, 5.41) is 15.9. The van der Waals surface area contributed by atoms with Gasteiger partial charge in [-0.25, -0.2) is 0 Å². The molecule has 0 radical (unpaired) electrons. The third kappa shape index (κ3) is 5.27. The number of benzene rings is 2. The molecule has 7 heteroatoms. The number of para-hydroxylation sites is 1. The minimum atomic E-state index is -0.491. The van der Waals surface area contributed by atoms with Crippen LogP contribution in [0.1, 0.15) is 16.7 Å². The maximum absolute atomic E-state index is 12.0. The van der Waals surface area contributed by atoms with Crippen molar-refractivity contribution >= 4 is 29.3 Å². The molecule has 0 saturated heterocycles. The Hall–Kier alpha value is -3.48. The van der Waals surface area contributed by atoms with Gasteiger partial charge in [-0.15, -0.1) is 0 Å². The summed E-state index contributed by atoms with van der Waals surface area (Å²) in [6.45, 7) is 3.64. The van der Waals surface area contributed by atoms with Crippen molar-refractivity contribution in [3.8, 4) is 0 Å². The van der Waals surface area contributed by atoms with Crippen LogP contribution in [0.3, 0.4) is 0 Å². The highest BCUT2D eigenvalue weighted by Crippen LogP contribution is 2.19. The maximum Gasteiger partial charge on any atom is 0.269 e. The predicted octanol–water partition coefficient (Wildman–Crippen LogP) is 2.98. The molecule has 7 nitrogen and oxygen atoms in total. The van der Waals surface area contributed by atoms with E-state index in [0.29, 0.717) is 5.56 Å². The number of amides is 2. The minimum absolute atomic E-state index is 0.0187. The topological polar surface area (TPSA) is 101 Å². The second kappa shape index (κ2) is 8.57. The fourth-order valence-electron chi connectivity index (χ4n) is 2.30. The van der Waals surface area contributed by atoms with Crippen LogP contribution in [0.25, 0.3) is 6.08 Å². The fraction of sp³-hybridized carbons (Fsp3) is 0.158.